The molecule has 0 saturated carbocycles. The molecular formula is C14H29N3. The zero-order valence-electron chi connectivity index (χ0n) is 11.8. The summed E-state index contributed by atoms with van der Waals surface area (Å²) in [6.45, 7) is 9.60. The molecule has 100 valence electrons. The van der Waals surface area contributed by atoms with E-state index >= 15 is 0 Å². The summed E-state index contributed by atoms with van der Waals surface area (Å²) >= 11 is 0. The first-order valence-electron chi connectivity index (χ1n) is 7.38. The van der Waals surface area contributed by atoms with E-state index in [1.807, 2.05) is 0 Å². The molecule has 3 unspecified atom stereocenters. The molecule has 2 aliphatic heterocycles. The molecule has 0 aromatic rings. The monoisotopic (exact) mass is 239 g/mol. The Labute approximate surface area is 107 Å². The molecule has 0 radical (unpaired) electrons. The quantitative estimate of drug-likeness (QED) is 0.806. The van der Waals surface area contributed by atoms with Gasteiger partial charge in [-0.25, -0.2) is 0 Å². The molecule has 1 N–H and O–H groups in total. The molecule has 2 heterocycles. The first-order chi connectivity index (χ1) is 8.20. The summed E-state index contributed by atoms with van der Waals surface area (Å²) in [6, 6.07) is 2.32. The molecule has 0 amide bonds. The highest BCUT2D eigenvalue weighted by Crippen LogP contribution is 2.24. The van der Waals surface area contributed by atoms with E-state index in [0.29, 0.717) is 0 Å². The molecule has 2 aliphatic rings. The fourth-order valence-electron chi connectivity index (χ4n) is 3.62. The Hall–Kier alpha value is -0.120. The van der Waals surface area contributed by atoms with Gasteiger partial charge in [-0.2, -0.15) is 0 Å². The molecule has 3 heteroatoms. The van der Waals surface area contributed by atoms with Crippen molar-refractivity contribution in [3.05, 3.63) is 0 Å². The molecule has 2 fully saturated rings. The van der Waals surface area contributed by atoms with E-state index in [2.05, 4.69) is 36.0 Å². The van der Waals surface area contributed by atoms with E-state index < -0.39 is 0 Å². The van der Waals surface area contributed by atoms with Crippen molar-refractivity contribution < 1.29 is 0 Å². The van der Waals surface area contributed by atoms with Crippen LogP contribution in [0, 0.1) is 0 Å². The Morgan fingerprint density at radius 1 is 1.24 bits per heavy atom. The van der Waals surface area contributed by atoms with Crippen LogP contribution in [0.5, 0.6) is 0 Å². The highest BCUT2D eigenvalue weighted by molar-refractivity contribution is 4.89. The molecule has 0 bridgehead atoms. The van der Waals surface area contributed by atoms with E-state index in [4.69, 9.17) is 0 Å². The fraction of sp³-hybridized carbons (Fsp3) is 1.00. The summed E-state index contributed by atoms with van der Waals surface area (Å²) in [5.74, 6) is 0. The number of likely N-dealkylation sites (tertiary alicyclic amines) is 2. The number of hydrogen-bond acceptors (Lipinski definition) is 3. The van der Waals surface area contributed by atoms with E-state index in [0.717, 1.165) is 24.7 Å². The van der Waals surface area contributed by atoms with Crippen molar-refractivity contribution in [1.29, 1.82) is 0 Å². The van der Waals surface area contributed by atoms with Crippen LogP contribution in [0.1, 0.15) is 39.5 Å². The minimum absolute atomic E-state index is 0.754. The Morgan fingerprint density at radius 2 is 2.06 bits per heavy atom. The first-order valence-corrected chi connectivity index (χ1v) is 7.38. The van der Waals surface area contributed by atoms with Crippen LogP contribution in [0.2, 0.25) is 0 Å². The number of nitrogens with one attached hydrogen (secondary N) is 1. The van der Waals surface area contributed by atoms with Gasteiger partial charge in [0.25, 0.3) is 0 Å². The van der Waals surface area contributed by atoms with E-state index in [1.165, 1.54) is 45.3 Å². The zero-order chi connectivity index (χ0) is 12.3. The van der Waals surface area contributed by atoms with Crippen molar-refractivity contribution in [3.8, 4) is 0 Å². The number of piperidine rings is 2. The molecular weight excluding hydrogens is 210 g/mol. The maximum absolute atomic E-state index is 3.61. The van der Waals surface area contributed by atoms with Crippen LogP contribution >= 0.6 is 0 Å². The normalized spacial score (nSPS) is 37.2. The van der Waals surface area contributed by atoms with Gasteiger partial charge in [-0.3, -0.25) is 4.90 Å². The highest BCUT2D eigenvalue weighted by Gasteiger charge is 2.31. The molecule has 17 heavy (non-hydrogen) atoms. The van der Waals surface area contributed by atoms with Crippen molar-refractivity contribution >= 4 is 0 Å². The second-order valence-electron chi connectivity index (χ2n) is 5.92. The molecule has 0 aromatic heterocycles. The van der Waals surface area contributed by atoms with Gasteiger partial charge in [0, 0.05) is 31.2 Å². The van der Waals surface area contributed by atoms with E-state index in [1.54, 1.807) is 0 Å². The van der Waals surface area contributed by atoms with Crippen LogP contribution in [-0.2, 0) is 0 Å². The van der Waals surface area contributed by atoms with Crippen molar-refractivity contribution in [1.82, 2.24) is 15.1 Å². The maximum Gasteiger partial charge on any atom is 0.0226 e. The second-order valence-corrected chi connectivity index (χ2v) is 5.92. The average molecular weight is 239 g/mol. The van der Waals surface area contributed by atoms with Crippen LogP contribution < -0.4 is 5.32 Å². The van der Waals surface area contributed by atoms with E-state index in [9.17, 15) is 0 Å². The summed E-state index contributed by atoms with van der Waals surface area (Å²) in [6.07, 6.45) is 5.44. The average Bonchev–Trinajstić information content (AvgIpc) is 2.29. The van der Waals surface area contributed by atoms with Crippen molar-refractivity contribution in [2.24, 2.45) is 0 Å². The number of likely N-dealkylation sites (N-methyl/N-ethyl adjacent to an activating group) is 1. The minimum Gasteiger partial charge on any atom is -0.314 e. The van der Waals surface area contributed by atoms with Crippen LogP contribution in [0.15, 0.2) is 0 Å². The van der Waals surface area contributed by atoms with Gasteiger partial charge in [0.2, 0.25) is 0 Å². The van der Waals surface area contributed by atoms with Gasteiger partial charge >= 0.3 is 0 Å². The summed E-state index contributed by atoms with van der Waals surface area (Å²) < 4.78 is 0. The Balaban J connectivity index is 1.85. The van der Waals surface area contributed by atoms with E-state index in [-0.39, 0.29) is 0 Å². The van der Waals surface area contributed by atoms with Crippen molar-refractivity contribution in [2.75, 3.05) is 33.2 Å². The van der Waals surface area contributed by atoms with Gasteiger partial charge in [0.15, 0.2) is 0 Å². The van der Waals surface area contributed by atoms with Crippen molar-refractivity contribution in [2.45, 2.75) is 57.7 Å². The molecule has 3 nitrogen and oxygen atoms in total. The third-order valence-corrected chi connectivity index (χ3v) is 4.49. The lowest BCUT2D eigenvalue weighted by Crippen LogP contribution is -2.55. The Kier molecular flexibility index (Phi) is 4.83. The summed E-state index contributed by atoms with van der Waals surface area (Å²) in [4.78, 5) is 5.26. The molecule has 3 atom stereocenters. The third kappa shape index (κ3) is 3.43. The molecule has 0 spiro atoms. The molecule has 2 rings (SSSR count). The van der Waals surface area contributed by atoms with Gasteiger partial charge in [-0.15, -0.1) is 0 Å². The van der Waals surface area contributed by atoms with Crippen LogP contribution in [0.25, 0.3) is 0 Å². The molecule has 0 aromatic carbocycles. The third-order valence-electron chi connectivity index (χ3n) is 4.49. The Bertz CT molecular complexity index is 232. The van der Waals surface area contributed by atoms with Crippen LogP contribution in [0.4, 0.5) is 0 Å². The summed E-state index contributed by atoms with van der Waals surface area (Å²) in [7, 11) is 2.27. The minimum atomic E-state index is 0.754. The predicted molar refractivity (Wildman–Crippen MR) is 73.4 cm³/mol. The zero-order valence-corrected chi connectivity index (χ0v) is 11.8. The van der Waals surface area contributed by atoms with Crippen LogP contribution in [0.3, 0.4) is 0 Å². The van der Waals surface area contributed by atoms with Crippen LogP contribution in [-0.4, -0.2) is 61.2 Å². The Morgan fingerprint density at radius 3 is 2.71 bits per heavy atom. The lowest BCUT2D eigenvalue weighted by atomic mass is 9.93. The highest BCUT2D eigenvalue weighted by atomic mass is 15.2. The van der Waals surface area contributed by atoms with Gasteiger partial charge < -0.3 is 10.2 Å². The number of rotatable bonds is 3. The number of nitrogens with zero attached hydrogens (tertiary/aromatic N) is 2. The van der Waals surface area contributed by atoms with Gasteiger partial charge in [-0.1, -0.05) is 6.92 Å². The second kappa shape index (κ2) is 6.17. The lowest BCUT2D eigenvalue weighted by Gasteiger charge is -2.45. The largest absolute Gasteiger partial charge is 0.314 e. The fourth-order valence-corrected chi connectivity index (χ4v) is 3.62. The summed E-state index contributed by atoms with van der Waals surface area (Å²) in [5.41, 5.74) is 0. The smallest absolute Gasteiger partial charge is 0.0226 e. The molecule has 2 saturated heterocycles. The van der Waals surface area contributed by atoms with Gasteiger partial charge in [-0.05, 0) is 52.7 Å². The molecule has 0 aliphatic carbocycles. The number of hydrogen-bond donors (Lipinski definition) is 1. The standard InChI is InChI=1S/C14H29N3/c1-4-15-13-7-9-17(12(2)10-13)14-6-5-8-16(3)11-14/h12-15H,4-11H2,1-3H3. The van der Waals surface area contributed by atoms with Gasteiger partial charge in [0.05, 0.1) is 0 Å². The maximum atomic E-state index is 3.61. The topological polar surface area (TPSA) is 18.5 Å². The first kappa shape index (κ1) is 13.3. The predicted octanol–water partition coefficient (Wildman–Crippen LogP) is 1.54. The van der Waals surface area contributed by atoms with Gasteiger partial charge in [0.1, 0.15) is 0 Å². The van der Waals surface area contributed by atoms with Crippen molar-refractivity contribution in [3.63, 3.8) is 0 Å². The summed E-state index contributed by atoms with van der Waals surface area (Å²) in [5, 5.41) is 3.61. The lowest BCUT2D eigenvalue weighted by molar-refractivity contribution is 0.0475. The SMILES string of the molecule is CCNC1CCN(C2CCCN(C)C2)C(C)C1.